The molecule has 2 N–H and O–H groups in total. The van der Waals surface area contributed by atoms with E-state index in [0.717, 1.165) is 27.7 Å². The summed E-state index contributed by atoms with van der Waals surface area (Å²) in [5.41, 5.74) is 5.34. The molecule has 0 aliphatic rings. The van der Waals surface area contributed by atoms with Crippen molar-refractivity contribution < 1.29 is 0 Å². The van der Waals surface area contributed by atoms with E-state index in [1.807, 2.05) is 24.7 Å². The van der Waals surface area contributed by atoms with Crippen molar-refractivity contribution in [2.24, 2.45) is 0 Å². The molecule has 5 aromatic rings. The van der Waals surface area contributed by atoms with Crippen molar-refractivity contribution in [3.8, 4) is 0 Å². The first kappa shape index (κ1) is 19.2. The molecule has 5 aromatic heterocycles. The van der Waals surface area contributed by atoms with Crippen LogP contribution in [-0.4, -0.2) is 29.7 Å². The second-order valence-corrected chi connectivity index (χ2v) is 9.42. The number of fused-ring (bicyclic) bond motifs is 3. The molecule has 0 aliphatic heterocycles. The molecule has 6 heteroatoms. The molecule has 29 heavy (non-hydrogen) atoms. The third kappa shape index (κ3) is 3.75. The molecule has 0 unspecified atom stereocenters. The second-order valence-electron chi connectivity index (χ2n) is 9.42. The Morgan fingerprint density at radius 3 is 2.45 bits per heavy atom. The molecular formula is C23H28N6. The molecule has 0 aromatic carbocycles. The lowest BCUT2D eigenvalue weighted by molar-refractivity contribution is 0.368. The van der Waals surface area contributed by atoms with Crippen LogP contribution in [0.15, 0.2) is 49.1 Å². The zero-order chi connectivity index (χ0) is 20.8. The molecule has 0 amide bonds. The van der Waals surface area contributed by atoms with Crippen LogP contribution in [0, 0.1) is 0 Å². The molecule has 0 bridgehead atoms. The molecule has 6 nitrogen and oxygen atoms in total. The summed E-state index contributed by atoms with van der Waals surface area (Å²) in [6, 6.07) is 8.37. The standard InChI is InChI=1S/C12H14N4.C11H14N2/c1-12(2,3)16-10-6-8-4-5-13-11(8)15-9(10)7-14-16;1-11(2,3)9-6-8-4-5-12-10(8)13-7-9/h4-7,14H,1-3H3;4-7H,1-3H3,(H,12,13). The fourth-order valence-corrected chi connectivity index (χ4v) is 3.32. The average Bonchev–Trinajstić information content (AvgIpc) is 3.36. The Balaban J connectivity index is 0.000000145. The van der Waals surface area contributed by atoms with E-state index in [4.69, 9.17) is 0 Å². The number of aromatic amines is 2. The van der Waals surface area contributed by atoms with Gasteiger partial charge < -0.3 is 10.1 Å². The average molecular weight is 389 g/mol. The number of hydrogen-bond donors (Lipinski definition) is 2. The topological polar surface area (TPSA) is 75.2 Å². The van der Waals surface area contributed by atoms with E-state index >= 15 is 0 Å². The van der Waals surface area contributed by atoms with Crippen molar-refractivity contribution in [2.45, 2.75) is 52.5 Å². The third-order valence-electron chi connectivity index (χ3n) is 5.00. The van der Waals surface area contributed by atoms with Gasteiger partial charge in [0, 0.05) is 35.6 Å². The van der Waals surface area contributed by atoms with E-state index in [9.17, 15) is 0 Å². The van der Waals surface area contributed by atoms with Gasteiger partial charge in [0.05, 0.1) is 11.1 Å². The first-order valence-corrected chi connectivity index (χ1v) is 9.89. The first-order valence-electron chi connectivity index (χ1n) is 9.89. The van der Waals surface area contributed by atoms with E-state index in [1.54, 1.807) is 6.20 Å². The molecule has 5 heterocycles. The highest BCUT2D eigenvalue weighted by Gasteiger charge is 2.17. The fourth-order valence-electron chi connectivity index (χ4n) is 3.32. The lowest BCUT2D eigenvalue weighted by Gasteiger charge is -2.21. The van der Waals surface area contributed by atoms with E-state index in [2.05, 4.69) is 89.5 Å². The minimum Gasteiger partial charge on any atom is -0.346 e. The lowest BCUT2D eigenvalue weighted by Crippen LogP contribution is -2.22. The smallest absolute Gasteiger partial charge is 0.160 e. The van der Waals surface area contributed by atoms with Crippen molar-refractivity contribution >= 4 is 33.1 Å². The van der Waals surface area contributed by atoms with E-state index < -0.39 is 0 Å². The van der Waals surface area contributed by atoms with Crippen molar-refractivity contribution in [1.29, 1.82) is 0 Å². The summed E-state index contributed by atoms with van der Waals surface area (Å²) in [4.78, 5) is 16.2. The summed E-state index contributed by atoms with van der Waals surface area (Å²) >= 11 is 0. The molecule has 0 radical (unpaired) electrons. The zero-order valence-electron chi connectivity index (χ0n) is 17.9. The fraction of sp³-hybridized carbons (Fsp3) is 0.348. The summed E-state index contributed by atoms with van der Waals surface area (Å²) in [6.07, 6.45) is 7.58. The van der Waals surface area contributed by atoms with E-state index in [1.165, 1.54) is 10.9 Å². The normalized spacial score (nSPS) is 12.5. The lowest BCUT2D eigenvalue weighted by atomic mass is 9.88. The summed E-state index contributed by atoms with van der Waals surface area (Å²) in [5, 5.41) is 5.52. The van der Waals surface area contributed by atoms with E-state index in [-0.39, 0.29) is 11.0 Å². The maximum absolute atomic E-state index is 4.51. The molecule has 0 atom stereocenters. The monoisotopic (exact) mass is 388 g/mol. The minimum atomic E-state index is 0.0249. The van der Waals surface area contributed by atoms with Crippen molar-refractivity contribution in [1.82, 2.24) is 29.7 Å². The van der Waals surface area contributed by atoms with Crippen molar-refractivity contribution in [3.63, 3.8) is 0 Å². The van der Waals surface area contributed by atoms with Crippen LogP contribution in [0.5, 0.6) is 0 Å². The number of rotatable bonds is 0. The highest BCUT2D eigenvalue weighted by Crippen LogP contribution is 2.24. The van der Waals surface area contributed by atoms with Gasteiger partial charge in [0.25, 0.3) is 0 Å². The van der Waals surface area contributed by atoms with Gasteiger partial charge in [-0.1, -0.05) is 20.8 Å². The van der Waals surface area contributed by atoms with Gasteiger partial charge >= 0.3 is 0 Å². The van der Waals surface area contributed by atoms with Crippen LogP contribution in [0.25, 0.3) is 33.1 Å². The highest BCUT2D eigenvalue weighted by atomic mass is 15.3. The number of pyridine rings is 2. The quantitative estimate of drug-likeness (QED) is 0.366. The van der Waals surface area contributed by atoms with Crippen LogP contribution in [0.1, 0.15) is 47.1 Å². The zero-order valence-corrected chi connectivity index (χ0v) is 17.9. The number of aromatic nitrogens is 6. The number of nitrogens with zero attached hydrogens (tertiary/aromatic N) is 4. The minimum absolute atomic E-state index is 0.0249. The first-order chi connectivity index (χ1) is 13.6. The third-order valence-corrected chi connectivity index (χ3v) is 5.00. The second kappa shape index (κ2) is 6.72. The Hall–Kier alpha value is -3.15. The maximum atomic E-state index is 4.51. The molecule has 0 spiro atoms. The van der Waals surface area contributed by atoms with E-state index in [0.29, 0.717) is 0 Å². The predicted octanol–water partition coefficient (Wildman–Crippen LogP) is 5.53. The van der Waals surface area contributed by atoms with Crippen LogP contribution in [0.4, 0.5) is 0 Å². The summed E-state index contributed by atoms with van der Waals surface area (Å²) in [6.45, 7) is 13.1. The Morgan fingerprint density at radius 1 is 0.931 bits per heavy atom. The highest BCUT2D eigenvalue weighted by molar-refractivity contribution is 5.89. The summed E-state index contributed by atoms with van der Waals surface area (Å²) in [5.74, 6) is 0. The van der Waals surface area contributed by atoms with Crippen LogP contribution in [0.2, 0.25) is 0 Å². The number of H-pyrrole nitrogens is 2. The van der Waals surface area contributed by atoms with Crippen molar-refractivity contribution in [2.75, 3.05) is 0 Å². The molecule has 150 valence electrons. The van der Waals surface area contributed by atoms with Gasteiger partial charge in [0.1, 0.15) is 11.2 Å². The Bertz CT molecular complexity index is 1270. The molecular weight excluding hydrogens is 360 g/mol. The maximum Gasteiger partial charge on any atom is 0.160 e. The Labute approximate surface area is 170 Å². The predicted molar refractivity (Wildman–Crippen MR) is 119 cm³/mol. The van der Waals surface area contributed by atoms with Crippen LogP contribution < -0.4 is 0 Å². The van der Waals surface area contributed by atoms with Gasteiger partial charge in [-0.05, 0) is 56.0 Å². The van der Waals surface area contributed by atoms with Gasteiger partial charge in [0.15, 0.2) is 5.65 Å². The molecule has 0 fully saturated rings. The molecule has 5 rings (SSSR count). The summed E-state index contributed by atoms with van der Waals surface area (Å²) < 4.78 is 2.13. The Kier molecular flexibility index (Phi) is 4.45. The molecule has 0 saturated heterocycles. The largest absolute Gasteiger partial charge is 0.346 e. The SMILES string of the molecule is CC(C)(C)c1cnc2[nH]ccc2c1.CC(C)(C)n1[nH]cc2nc3nccc3cc21. The number of nitrogens with one attached hydrogen (secondary N) is 2. The van der Waals surface area contributed by atoms with Gasteiger partial charge in [-0.2, -0.15) is 0 Å². The van der Waals surface area contributed by atoms with Gasteiger partial charge in [-0.15, -0.1) is 0 Å². The van der Waals surface area contributed by atoms with Crippen LogP contribution in [0.3, 0.4) is 0 Å². The number of hydrogen-bond acceptors (Lipinski definition) is 3. The summed E-state index contributed by atoms with van der Waals surface area (Å²) in [7, 11) is 0. The Morgan fingerprint density at radius 2 is 1.72 bits per heavy atom. The van der Waals surface area contributed by atoms with Crippen molar-refractivity contribution in [3.05, 3.63) is 54.6 Å². The van der Waals surface area contributed by atoms with Crippen LogP contribution >= 0.6 is 0 Å². The van der Waals surface area contributed by atoms with Gasteiger partial charge in [0.2, 0.25) is 0 Å². The van der Waals surface area contributed by atoms with Gasteiger partial charge in [-0.3, -0.25) is 4.68 Å². The molecule has 0 aliphatic carbocycles. The van der Waals surface area contributed by atoms with Crippen LogP contribution in [-0.2, 0) is 11.0 Å². The molecule has 0 saturated carbocycles. The van der Waals surface area contributed by atoms with Gasteiger partial charge in [-0.25, -0.2) is 15.0 Å².